The lowest BCUT2D eigenvalue weighted by Gasteiger charge is -2.40. The van der Waals surface area contributed by atoms with Crippen molar-refractivity contribution in [3.63, 3.8) is 0 Å². The van der Waals surface area contributed by atoms with Gasteiger partial charge in [-0.05, 0) is 89.9 Å². The molecule has 11 nitrogen and oxygen atoms in total. The van der Waals surface area contributed by atoms with Crippen LogP contribution in [0.4, 0.5) is 0 Å². The molecule has 6 N–H and O–H groups in total. The molecule has 0 aromatic heterocycles. The number of aliphatic hydroxyl groups is 5. The summed E-state index contributed by atoms with van der Waals surface area (Å²) >= 11 is 0. The average Bonchev–Trinajstić information content (AvgIpc) is 3.60. The lowest BCUT2D eigenvalue weighted by molar-refractivity contribution is -0.302. The summed E-state index contributed by atoms with van der Waals surface area (Å²) in [6.45, 7) is 4.34. The van der Waals surface area contributed by atoms with Crippen molar-refractivity contribution >= 4 is 11.9 Å². The highest BCUT2D eigenvalue weighted by Crippen LogP contribution is 2.23. The first-order valence-electron chi connectivity index (χ1n) is 36.9. The molecule has 11 heteroatoms. The van der Waals surface area contributed by atoms with Crippen LogP contribution in [0.2, 0.25) is 0 Å². The second-order valence-electron chi connectivity index (χ2n) is 25.6. The van der Waals surface area contributed by atoms with Crippen LogP contribution in [-0.4, -0.2) is 100 Å². The molecule has 0 saturated carbocycles. The molecular formula is C75H139NO10. The van der Waals surface area contributed by atoms with Crippen LogP contribution in [0.15, 0.2) is 48.6 Å². The van der Waals surface area contributed by atoms with Gasteiger partial charge in [0.15, 0.2) is 6.29 Å². The first-order valence-corrected chi connectivity index (χ1v) is 36.9. The van der Waals surface area contributed by atoms with Gasteiger partial charge in [-0.15, -0.1) is 0 Å². The van der Waals surface area contributed by atoms with E-state index in [0.717, 1.165) is 64.2 Å². The molecule has 1 amide bonds. The van der Waals surface area contributed by atoms with Crippen molar-refractivity contribution in [3.8, 4) is 0 Å². The number of carbonyl (C=O) groups excluding carboxylic acids is 2. The minimum absolute atomic E-state index is 0.00250. The van der Waals surface area contributed by atoms with Crippen LogP contribution in [0.5, 0.6) is 0 Å². The van der Waals surface area contributed by atoms with Gasteiger partial charge in [0.2, 0.25) is 5.91 Å². The number of ether oxygens (including phenoxy) is 3. The number of unbranched alkanes of at least 4 members (excludes halogenated alkanes) is 45. The number of carbonyl (C=O) groups is 2. The van der Waals surface area contributed by atoms with Gasteiger partial charge in [-0.3, -0.25) is 9.59 Å². The van der Waals surface area contributed by atoms with Crippen molar-refractivity contribution in [2.45, 2.75) is 397 Å². The molecule has 1 rings (SSSR count). The van der Waals surface area contributed by atoms with E-state index in [1.807, 2.05) is 6.08 Å². The normalized spacial score (nSPS) is 18.2. The van der Waals surface area contributed by atoms with E-state index in [0.29, 0.717) is 19.4 Å². The molecule has 0 aromatic carbocycles. The van der Waals surface area contributed by atoms with Crippen molar-refractivity contribution < 1.29 is 49.3 Å². The molecule has 0 spiro atoms. The summed E-state index contributed by atoms with van der Waals surface area (Å²) in [5, 5.41) is 54.3. The molecule has 1 saturated heterocycles. The summed E-state index contributed by atoms with van der Waals surface area (Å²) in [6.07, 6.45) is 74.2. The Hall–Kier alpha value is -2.38. The maximum Gasteiger partial charge on any atom is 0.305 e. The van der Waals surface area contributed by atoms with Crippen molar-refractivity contribution in [1.29, 1.82) is 0 Å². The predicted octanol–water partition coefficient (Wildman–Crippen LogP) is 19.1. The second-order valence-corrected chi connectivity index (χ2v) is 25.6. The van der Waals surface area contributed by atoms with E-state index in [1.165, 1.54) is 263 Å². The Morgan fingerprint density at radius 1 is 0.430 bits per heavy atom. The highest BCUT2D eigenvalue weighted by atomic mass is 16.7. The minimum Gasteiger partial charge on any atom is -0.466 e. The molecule has 7 unspecified atom stereocenters. The summed E-state index contributed by atoms with van der Waals surface area (Å²) in [5.41, 5.74) is 0. The first-order chi connectivity index (χ1) is 42.2. The number of nitrogens with one attached hydrogen (secondary N) is 1. The monoisotopic (exact) mass is 1210 g/mol. The third-order valence-electron chi connectivity index (χ3n) is 17.4. The van der Waals surface area contributed by atoms with Crippen LogP contribution >= 0.6 is 0 Å². The number of amides is 1. The van der Waals surface area contributed by atoms with Crippen LogP contribution in [0, 0.1) is 0 Å². The van der Waals surface area contributed by atoms with E-state index in [9.17, 15) is 35.1 Å². The van der Waals surface area contributed by atoms with Gasteiger partial charge < -0.3 is 45.1 Å². The topological polar surface area (TPSA) is 175 Å². The van der Waals surface area contributed by atoms with Crippen LogP contribution in [0.3, 0.4) is 0 Å². The largest absolute Gasteiger partial charge is 0.466 e. The molecule has 0 aromatic rings. The Balaban J connectivity index is 1.91. The van der Waals surface area contributed by atoms with E-state index >= 15 is 0 Å². The Labute approximate surface area is 529 Å². The van der Waals surface area contributed by atoms with Gasteiger partial charge in [0.05, 0.1) is 32.0 Å². The van der Waals surface area contributed by atoms with E-state index in [2.05, 4.69) is 55.6 Å². The van der Waals surface area contributed by atoms with E-state index in [1.54, 1.807) is 6.08 Å². The third kappa shape index (κ3) is 52.4. The van der Waals surface area contributed by atoms with Gasteiger partial charge >= 0.3 is 5.97 Å². The van der Waals surface area contributed by atoms with E-state index in [4.69, 9.17) is 14.2 Å². The van der Waals surface area contributed by atoms with Crippen molar-refractivity contribution in [2.24, 2.45) is 0 Å². The highest BCUT2D eigenvalue weighted by Gasteiger charge is 2.44. The second kappa shape index (κ2) is 64.2. The van der Waals surface area contributed by atoms with Gasteiger partial charge in [0.25, 0.3) is 0 Å². The van der Waals surface area contributed by atoms with Crippen LogP contribution in [0.1, 0.15) is 354 Å². The third-order valence-corrected chi connectivity index (χ3v) is 17.4. The standard InChI is InChI=1S/C75H139NO10/c1-3-5-7-9-11-13-14-15-16-17-34-37-40-43-47-51-55-59-63-71(80)84-64-60-56-52-48-44-41-38-35-32-30-28-26-24-22-20-18-19-21-23-25-27-29-31-33-36-39-42-46-50-54-58-62-70(79)76-67(68(78)61-57-53-49-45-12-10-8-6-4-2)66-85-75-74(83)73(82)72(81)69(65-77)86-75/h16-17,20,22,26,28,57,61,67-69,72-75,77-78,81-83H,3-15,18-19,21,23-25,27,29-56,58-60,62-66H2,1-2H3,(H,76,79)/b17-16-,22-20-,28-26-,61-57+. The summed E-state index contributed by atoms with van der Waals surface area (Å²) in [5.74, 6) is -0.180. The maximum absolute atomic E-state index is 13.0. The Bertz CT molecular complexity index is 1570. The molecule has 1 fully saturated rings. The number of hydrogen-bond donors (Lipinski definition) is 6. The molecule has 86 heavy (non-hydrogen) atoms. The molecular weight excluding hydrogens is 1070 g/mol. The summed E-state index contributed by atoms with van der Waals surface area (Å²) in [6, 6.07) is -0.809. The predicted molar refractivity (Wildman–Crippen MR) is 361 cm³/mol. The Kier molecular flexibility index (Phi) is 60.9. The van der Waals surface area contributed by atoms with E-state index < -0.39 is 49.5 Å². The zero-order chi connectivity index (χ0) is 62.3. The lowest BCUT2D eigenvalue weighted by Crippen LogP contribution is -2.60. The molecule has 0 bridgehead atoms. The molecule has 0 radical (unpaired) electrons. The number of aliphatic hydroxyl groups excluding tert-OH is 5. The quantitative estimate of drug-likeness (QED) is 0.0195. The van der Waals surface area contributed by atoms with Crippen LogP contribution in [-0.2, 0) is 23.8 Å². The molecule has 1 aliphatic heterocycles. The van der Waals surface area contributed by atoms with Crippen LogP contribution in [0.25, 0.3) is 0 Å². The number of rotatable bonds is 65. The zero-order valence-corrected chi connectivity index (χ0v) is 56.0. The smallest absolute Gasteiger partial charge is 0.305 e. The van der Waals surface area contributed by atoms with Gasteiger partial charge in [0.1, 0.15) is 24.4 Å². The fourth-order valence-corrected chi connectivity index (χ4v) is 11.6. The van der Waals surface area contributed by atoms with Gasteiger partial charge in [-0.2, -0.15) is 0 Å². The summed E-state index contributed by atoms with van der Waals surface area (Å²) < 4.78 is 16.7. The van der Waals surface area contributed by atoms with E-state index in [-0.39, 0.29) is 18.5 Å². The van der Waals surface area contributed by atoms with Crippen molar-refractivity contribution in [1.82, 2.24) is 5.32 Å². The lowest BCUT2D eigenvalue weighted by atomic mass is 9.99. The van der Waals surface area contributed by atoms with Crippen LogP contribution < -0.4 is 5.32 Å². The minimum atomic E-state index is -1.57. The van der Waals surface area contributed by atoms with Gasteiger partial charge in [-0.1, -0.05) is 300 Å². The van der Waals surface area contributed by atoms with Crippen molar-refractivity contribution in [2.75, 3.05) is 19.8 Å². The number of allylic oxidation sites excluding steroid dienone is 7. The maximum atomic E-state index is 13.0. The molecule has 0 aliphatic carbocycles. The fourth-order valence-electron chi connectivity index (χ4n) is 11.6. The van der Waals surface area contributed by atoms with Gasteiger partial charge in [0, 0.05) is 12.8 Å². The number of hydrogen-bond acceptors (Lipinski definition) is 10. The molecule has 1 heterocycles. The zero-order valence-electron chi connectivity index (χ0n) is 56.0. The molecule has 1 aliphatic rings. The fraction of sp³-hybridized carbons (Fsp3) is 0.867. The first kappa shape index (κ1) is 81.6. The molecule has 504 valence electrons. The Morgan fingerprint density at radius 3 is 1.19 bits per heavy atom. The van der Waals surface area contributed by atoms with Gasteiger partial charge in [-0.25, -0.2) is 0 Å². The summed E-state index contributed by atoms with van der Waals surface area (Å²) in [4.78, 5) is 25.1. The molecule has 7 atom stereocenters. The summed E-state index contributed by atoms with van der Waals surface area (Å²) in [7, 11) is 0. The Morgan fingerprint density at radius 2 is 0.779 bits per heavy atom. The average molecular weight is 1210 g/mol. The highest BCUT2D eigenvalue weighted by molar-refractivity contribution is 5.76. The SMILES string of the molecule is CCCCCCCCC/C=C\CCCCCCCCCC(=O)OCCCCCCCCCCC/C=C\C/C=C\CCCCCCCCCCCCCCCCCC(=O)NC(COC1OC(CO)C(O)C(O)C1O)C(O)/C=C/CCCCCCCCC. The van der Waals surface area contributed by atoms with Crippen molar-refractivity contribution in [3.05, 3.63) is 48.6 Å². The number of esters is 1.